The minimum absolute atomic E-state index is 0.0637. The number of fused-ring (bicyclic) bond motifs is 1. The summed E-state index contributed by atoms with van der Waals surface area (Å²) < 4.78 is 1.61. The first kappa shape index (κ1) is 15.8. The third kappa shape index (κ3) is 2.99. The minimum atomic E-state index is -0.0637. The molecule has 0 amide bonds. The Bertz CT molecular complexity index is 993. The standard InChI is InChI=1S/C16H13ClN4OS2/c1-2-6-21-15(22)10-5-7-23-14(10)20-16(21)24-12-8-11(17)18-13(19-12)9-3-4-9/h2,5,7-9H,1,3-4,6H2. The number of allylic oxidation sites excluding steroid dienone is 1. The average molecular weight is 377 g/mol. The number of thiophene rings is 1. The van der Waals surface area contributed by atoms with Crippen molar-refractivity contribution in [1.29, 1.82) is 0 Å². The van der Waals surface area contributed by atoms with Crippen LogP contribution in [0.4, 0.5) is 0 Å². The van der Waals surface area contributed by atoms with E-state index in [4.69, 9.17) is 11.6 Å². The maximum atomic E-state index is 12.7. The Morgan fingerprint density at radius 1 is 1.42 bits per heavy atom. The molecule has 1 saturated carbocycles. The molecule has 122 valence electrons. The Hall–Kier alpha value is -1.70. The molecule has 1 aliphatic carbocycles. The Labute approximate surface area is 151 Å². The third-order valence-corrected chi connectivity index (χ3v) is 5.60. The Morgan fingerprint density at radius 3 is 3.00 bits per heavy atom. The summed E-state index contributed by atoms with van der Waals surface area (Å²) in [6, 6.07) is 3.51. The first-order valence-corrected chi connectivity index (χ1v) is 9.54. The number of halogens is 1. The van der Waals surface area contributed by atoms with Crippen LogP contribution in [0.2, 0.25) is 5.15 Å². The molecule has 0 radical (unpaired) electrons. The van der Waals surface area contributed by atoms with Gasteiger partial charge in [0.05, 0.1) is 5.39 Å². The minimum Gasteiger partial charge on any atom is -0.283 e. The average Bonchev–Trinajstić information content (AvgIpc) is 3.29. The summed E-state index contributed by atoms with van der Waals surface area (Å²) in [6.07, 6.45) is 3.89. The van der Waals surface area contributed by atoms with E-state index < -0.39 is 0 Å². The molecule has 0 aliphatic heterocycles. The van der Waals surface area contributed by atoms with Crippen LogP contribution >= 0.6 is 34.7 Å². The molecule has 4 rings (SSSR count). The Morgan fingerprint density at radius 2 is 2.25 bits per heavy atom. The second-order valence-electron chi connectivity index (χ2n) is 5.50. The number of nitrogens with zero attached hydrogens (tertiary/aromatic N) is 4. The summed E-state index contributed by atoms with van der Waals surface area (Å²) in [4.78, 5) is 26.9. The molecule has 0 N–H and O–H groups in total. The Kier molecular flexibility index (Phi) is 4.15. The van der Waals surface area contributed by atoms with E-state index in [-0.39, 0.29) is 5.56 Å². The predicted octanol–water partition coefficient (Wildman–Crippen LogP) is 4.12. The topological polar surface area (TPSA) is 60.7 Å². The van der Waals surface area contributed by atoms with Crippen molar-refractivity contribution in [3.63, 3.8) is 0 Å². The van der Waals surface area contributed by atoms with Crippen LogP contribution in [0.25, 0.3) is 10.2 Å². The predicted molar refractivity (Wildman–Crippen MR) is 97.2 cm³/mol. The van der Waals surface area contributed by atoms with Gasteiger partial charge in [0.15, 0.2) is 5.16 Å². The fourth-order valence-electron chi connectivity index (χ4n) is 2.38. The zero-order valence-corrected chi connectivity index (χ0v) is 15.0. The fourth-order valence-corrected chi connectivity index (χ4v) is 4.35. The molecule has 1 fully saturated rings. The van der Waals surface area contributed by atoms with Crippen LogP contribution in [0.3, 0.4) is 0 Å². The highest BCUT2D eigenvalue weighted by atomic mass is 35.5. The van der Waals surface area contributed by atoms with Gasteiger partial charge in [-0.1, -0.05) is 17.7 Å². The van der Waals surface area contributed by atoms with Gasteiger partial charge in [-0.05, 0) is 36.0 Å². The zero-order valence-electron chi connectivity index (χ0n) is 12.6. The van der Waals surface area contributed by atoms with Crippen LogP contribution in [-0.2, 0) is 6.54 Å². The molecular weight excluding hydrogens is 364 g/mol. The van der Waals surface area contributed by atoms with Gasteiger partial charge in [0.2, 0.25) is 0 Å². The van der Waals surface area contributed by atoms with Crippen molar-refractivity contribution in [3.8, 4) is 0 Å². The second kappa shape index (κ2) is 6.31. The lowest BCUT2D eigenvalue weighted by atomic mass is 10.4. The quantitative estimate of drug-likeness (QED) is 0.381. The summed E-state index contributed by atoms with van der Waals surface area (Å²) in [7, 11) is 0. The van der Waals surface area contributed by atoms with E-state index in [9.17, 15) is 4.79 Å². The third-order valence-electron chi connectivity index (χ3n) is 3.69. The monoisotopic (exact) mass is 376 g/mol. The van der Waals surface area contributed by atoms with E-state index >= 15 is 0 Å². The van der Waals surface area contributed by atoms with Crippen LogP contribution in [0.5, 0.6) is 0 Å². The molecule has 0 saturated heterocycles. The van der Waals surface area contributed by atoms with Crippen molar-refractivity contribution in [2.75, 3.05) is 0 Å². The van der Waals surface area contributed by atoms with E-state index in [0.717, 1.165) is 23.5 Å². The molecule has 8 heteroatoms. The molecule has 0 aromatic carbocycles. The van der Waals surface area contributed by atoms with Gasteiger partial charge < -0.3 is 0 Å². The van der Waals surface area contributed by atoms with E-state index in [0.29, 0.717) is 33.2 Å². The first-order valence-electron chi connectivity index (χ1n) is 7.47. The van der Waals surface area contributed by atoms with Crippen molar-refractivity contribution >= 4 is 44.9 Å². The lowest BCUT2D eigenvalue weighted by Crippen LogP contribution is -2.22. The smallest absolute Gasteiger partial charge is 0.263 e. The van der Waals surface area contributed by atoms with Gasteiger partial charge in [0.1, 0.15) is 20.8 Å². The largest absolute Gasteiger partial charge is 0.283 e. The lowest BCUT2D eigenvalue weighted by Gasteiger charge is -2.10. The molecule has 0 atom stereocenters. The van der Waals surface area contributed by atoms with Crippen molar-refractivity contribution < 1.29 is 0 Å². The maximum absolute atomic E-state index is 12.7. The summed E-state index contributed by atoms with van der Waals surface area (Å²) in [5.41, 5.74) is -0.0637. The van der Waals surface area contributed by atoms with Crippen LogP contribution in [0, 0.1) is 0 Å². The van der Waals surface area contributed by atoms with Crippen molar-refractivity contribution in [1.82, 2.24) is 19.5 Å². The number of hydrogen-bond acceptors (Lipinski definition) is 6. The highest BCUT2D eigenvalue weighted by Gasteiger charge is 2.27. The summed E-state index contributed by atoms with van der Waals surface area (Å²) in [6.45, 7) is 4.13. The fraction of sp³-hybridized carbons (Fsp3) is 0.250. The maximum Gasteiger partial charge on any atom is 0.263 e. The van der Waals surface area contributed by atoms with Gasteiger partial charge in [-0.25, -0.2) is 15.0 Å². The van der Waals surface area contributed by atoms with E-state index in [1.54, 1.807) is 22.8 Å². The van der Waals surface area contributed by atoms with Gasteiger partial charge in [0.25, 0.3) is 5.56 Å². The van der Waals surface area contributed by atoms with Crippen LogP contribution in [0.1, 0.15) is 24.6 Å². The van der Waals surface area contributed by atoms with Gasteiger partial charge >= 0.3 is 0 Å². The zero-order chi connectivity index (χ0) is 16.7. The van der Waals surface area contributed by atoms with Crippen molar-refractivity contribution in [2.45, 2.75) is 35.5 Å². The highest BCUT2D eigenvalue weighted by molar-refractivity contribution is 7.99. The molecule has 1 aliphatic rings. The van der Waals surface area contributed by atoms with Gasteiger partial charge in [-0.3, -0.25) is 9.36 Å². The molecule has 0 bridgehead atoms. The molecular formula is C16H13ClN4OS2. The second-order valence-corrected chi connectivity index (χ2v) is 7.77. The van der Waals surface area contributed by atoms with E-state index in [1.807, 2.05) is 5.38 Å². The van der Waals surface area contributed by atoms with E-state index in [2.05, 4.69) is 21.5 Å². The molecule has 0 spiro atoms. The van der Waals surface area contributed by atoms with Crippen molar-refractivity contribution in [3.05, 3.63) is 51.5 Å². The summed E-state index contributed by atoms with van der Waals surface area (Å²) in [5, 5.41) is 4.22. The highest BCUT2D eigenvalue weighted by Crippen LogP contribution is 2.39. The lowest BCUT2D eigenvalue weighted by molar-refractivity contribution is 0.672. The number of aromatic nitrogens is 4. The molecule has 0 unspecified atom stereocenters. The van der Waals surface area contributed by atoms with Crippen molar-refractivity contribution in [2.24, 2.45) is 0 Å². The summed E-state index contributed by atoms with van der Waals surface area (Å²) >= 11 is 8.92. The normalized spacial score (nSPS) is 14.2. The van der Waals surface area contributed by atoms with Crippen LogP contribution in [-0.4, -0.2) is 19.5 Å². The molecule has 5 nitrogen and oxygen atoms in total. The first-order chi connectivity index (χ1) is 11.7. The van der Waals surface area contributed by atoms with Gasteiger partial charge in [-0.2, -0.15) is 0 Å². The van der Waals surface area contributed by atoms with Crippen LogP contribution < -0.4 is 5.56 Å². The molecule has 24 heavy (non-hydrogen) atoms. The van der Waals surface area contributed by atoms with E-state index in [1.165, 1.54) is 23.1 Å². The number of hydrogen-bond donors (Lipinski definition) is 0. The molecule has 3 aromatic rings. The number of rotatable bonds is 5. The van der Waals surface area contributed by atoms with Crippen LogP contribution in [0.15, 0.2) is 45.1 Å². The Balaban J connectivity index is 1.80. The summed E-state index contributed by atoms with van der Waals surface area (Å²) in [5.74, 6) is 1.19. The SMILES string of the molecule is C=CCn1c(Sc2cc(Cl)nc(C3CC3)n2)nc2sccc2c1=O. The van der Waals surface area contributed by atoms with Gasteiger partial charge in [-0.15, -0.1) is 17.9 Å². The molecule has 3 aromatic heterocycles. The molecule has 3 heterocycles. The van der Waals surface area contributed by atoms with Gasteiger partial charge in [0, 0.05) is 18.5 Å².